The molecule has 0 aliphatic carbocycles. The number of nitrogens with zero attached hydrogens (tertiary/aromatic N) is 3. The monoisotopic (exact) mass is 241 g/mol. The Morgan fingerprint density at radius 3 is 2.61 bits per heavy atom. The second-order valence-electron chi connectivity index (χ2n) is 3.91. The van der Waals surface area contributed by atoms with Gasteiger partial charge in [0.15, 0.2) is 5.82 Å². The maximum atomic E-state index is 5.71. The van der Waals surface area contributed by atoms with Crippen molar-refractivity contribution in [3.05, 3.63) is 24.3 Å². The van der Waals surface area contributed by atoms with E-state index in [0.29, 0.717) is 17.3 Å². The van der Waals surface area contributed by atoms with Gasteiger partial charge in [-0.1, -0.05) is 6.07 Å². The van der Waals surface area contributed by atoms with E-state index in [2.05, 4.69) is 20.2 Å². The van der Waals surface area contributed by atoms with Crippen LogP contribution in [-0.2, 0) is 0 Å². The third-order valence-corrected chi connectivity index (χ3v) is 2.65. The van der Waals surface area contributed by atoms with Crippen LogP contribution in [-0.4, -0.2) is 20.2 Å². The number of nitrogen functional groups attached to an aromatic ring is 3. The Morgan fingerprint density at radius 2 is 1.83 bits per heavy atom. The number of hydrogen-bond donors (Lipinski definition) is 4. The highest BCUT2D eigenvalue weighted by molar-refractivity contribution is 5.91. The van der Waals surface area contributed by atoms with Crippen LogP contribution in [0.3, 0.4) is 0 Å². The largest absolute Gasteiger partial charge is 0.384 e. The summed E-state index contributed by atoms with van der Waals surface area (Å²) in [7, 11) is 0. The molecule has 3 rings (SSSR count). The molecule has 0 amide bonds. The number of nitrogens with two attached hydrogens (primary N) is 3. The van der Waals surface area contributed by atoms with E-state index < -0.39 is 0 Å². The number of aromatic nitrogens is 4. The van der Waals surface area contributed by atoms with Crippen LogP contribution in [0.15, 0.2) is 24.3 Å². The lowest BCUT2D eigenvalue weighted by Crippen LogP contribution is -2.00. The molecule has 0 aliphatic rings. The molecule has 0 radical (unpaired) electrons. The lowest BCUT2D eigenvalue weighted by Gasteiger charge is -2.03. The van der Waals surface area contributed by atoms with Gasteiger partial charge < -0.3 is 17.2 Å². The van der Waals surface area contributed by atoms with Crippen molar-refractivity contribution in [2.75, 3.05) is 17.2 Å². The summed E-state index contributed by atoms with van der Waals surface area (Å²) < 4.78 is 0. The fourth-order valence-corrected chi connectivity index (χ4v) is 1.83. The number of aromatic amines is 1. The molecular formula is C11H11N7. The van der Waals surface area contributed by atoms with Gasteiger partial charge in [0.25, 0.3) is 0 Å². The van der Waals surface area contributed by atoms with Gasteiger partial charge in [-0.3, -0.25) is 5.10 Å². The van der Waals surface area contributed by atoms with Gasteiger partial charge in [-0.25, -0.2) is 4.98 Å². The smallest absolute Gasteiger partial charge is 0.222 e. The molecule has 2 aromatic heterocycles. The van der Waals surface area contributed by atoms with Crippen LogP contribution in [0.1, 0.15) is 0 Å². The van der Waals surface area contributed by atoms with Crippen molar-refractivity contribution in [2.24, 2.45) is 0 Å². The quantitative estimate of drug-likeness (QED) is 0.497. The van der Waals surface area contributed by atoms with Crippen molar-refractivity contribution in [1.82, 2.24) is 20.2 Å². The third kappa shape index (κ3) is 1.58. The first-order valence-corrected chi connectivity index (χ1v) is 5.27. The zero-order chi connectivity index (χ0) is 12.7. The molecule has 0 aliphatic heterocycles. The molecule has 0 unspecified atom stereocenters. The molecule has 1 aromatic carbocycles. The molecule has 7 N–H and O–H groups in total. The first-order chi connectivity index (χ1) is 8.63. The number of hydrogen-bond acceptors (Lipinski definition) is 6. The molecule has 2 heterocycles. The lowest BCUT2D eigenvalue weighted by molar-refractivity contribution is 1.13. The van der Waals surface area contributed by atoms with E-state index in [-0.39, 0.29) is 5.95 Å². The van der Waals surface area contributed by atoms with Gasteiger partial charge in [0.05, 0.1) is 11.2 Å². The minimum absolute atomic E-state index is 0.147. The van der Waals surface area contributed by atoms with Gasteiger partial charge in [-0.15, -0.1) is 0 Å². The Bertz CT molecular complexity index is 711. The summed E-state index contributed by atoms with van der Waals surface area (Å²) in [6, 6.07) is 7.31. The first-order valence-electron chi connectivity index (χ1n) is 5.27. The maximum Gasteiger partial charge on any atom is 0.222 e. The molecule has 0 saturated carbocycles. The van der Waals surface area contributed by atoms with Crippen LogP contribution in [0.25, 0.3) is 22.2 Å². The van der Waals surface area contributed by atoms with E-state index in [1.807, 2.05) is 18.2 Å². The van der Waals surface area contributed by atoms with Crippen molar-refractivity contribution in [3.63, 3.8) is 0 Å². The highest BCUT2D eigenvalue weighted by atomic mass is 15.1. The Labute approximate surface area is 102 Å². The Kier molecular flexibility index (Phi) is 2.06. The highest BCUT2D eigenvalue weighted by Gasteiger charge is 2.07. The number of nitrogens with one attached hydrogen (secondary N) is 1. The predicted molar refractivity (Wildman–Crippen MR) is 70.4 cm³/mol. The molecule has 90 valence electrons. The lowest BCUT2D eigenvalue weighted by atomic mass is 10.1. The first kappa shape index (κ1) is 10.3. The van der Waals surface area contributed by atoms with E-state index in [9.17, 15) is 0 Å². The zero-order valence-electron chi connectivity index (χ0n) is 9.38. The fraction of sp³-hybridized carbons (Fsp3) is 0. The molecule has 0 bridgehead atoms. The summed E-state index contributed by atoms with van der Waals surface area (Å²) in [5, 5.41) is 7.65. The van der Waals surface area contributed by atoms with Crippen LogP contribution >= 0.6 is 0 Å². The van der Waals surface area contributed by atoms with E-state index in [1.165, 1.54) is 0 Å². The average Bonchev–Trinajstić information content (AvgIpc) is 2.69. The summed E-state index contributed by atoms with van der Waals surface area (Å²) in [6.07, 6.45) is 0. The van der Waals surface area contributed by atoms with Crippen molar-refractivity contribution < 1.29 is 0 Å². The second-order valence-corrected chi connectivity index (χ2v) is 3.91. The van der Waals surface area contributed by atoms with E-state index in [4.69, 9.17) is 17.2 Å². The van der Waals surface area contributed by atoms with E-state index in [1.54, 1.807) is 6.07 Å². The molecule has 7 nitrogen and oxygen atoms in total. The minimum Gasteiger partial charge on any atom is -0.384 e. The molecular weight excluding hydrogens is 230 g/mol. The number of anilines is 3. The average molecular weight is 241 g/mol. The normalized spacial score (nSPS) is 10.9. The second kappa shape index (κ2) is 3.59. The molecule has 0 spiro atoms. The number of benzene rings is 1. The van der Waals surface area contributed by atoms with Gasteiger partial charge in [0, 0.05) is 17.0 Å². The van der Waals surface area contributed by atoms with Crippen molar-refractivity contribution >= 4 is 28.5 Å². The molecule has 0 atom stereocenters. The van der Waals surface area contributed by atoms with Crippen LogP contribution in [0.4, 0.5) is 17.6 Å². The Balaban J connectivity index is 2.18. The Hall–Kier alpha value is -2.83. The van der Waals surface area contributed by atoms with Crippen LogP contribution in [0, 0.1) is 0 Å². The highest BCUT2D eigenvalue weighted by Crippen LogP contribution is 2.25. The van der Waals surface area contributed by atoms with Crippen molar-refractivity contribution in [2.45, 2.75) is 0 Å². The summed E-state index contributed by atoms with van der Waals surface area (Å²) >= 11 is 0. The van der Waals surface area contributed by atoms with Crippen LogP contribution < -0.4 is 17.2 Å². The zero-order valence-corrected chi connectivity index (χ0v) is 9.38. The summed E-state index contributed by atoms with van der Waals surface area (Å²) in [4.78, 5) is 7.97. The van der Waals surface area contributed by atoms with E-state index in [0.717, 1.165) is 16.5 Å². The van der Waals surface area contributed by atoms with Gasteiger partial charge in [-0.05, 0) is 12.1 Å². The van der Waals surface area contributed by atoms with Gasteiger partial charge in [0.2, 0.25) is 5.95 Å². The summed E-state index contributed by atoms with van der Waals surface area (Å²) in [6.45, 7) is 0. The van der Waals surface area contributed by atoms with Crippen LogP contribution in [0.2, 0.25) is 0 Å². The van der Waals surface area contributed by atoms with Gasteiger partial charge in [0.1, 0.15) is 5.82 Å². The SMILES string of the molecule is Nc1cc(-c2ccc3c(N)n[nH]c3c2)nc(N)n1. The predicted octanol–water partition coefficient (Wildman–Crippen LogP) is 0.766. The molecule has 18 heavy (non-hydrogen) atoms. The van der Waals surface area contributed by atoms with Crippen molar-refractivity contribution in [3.8, 4) is 11.3 Å². The third-order valence-electron chi connectivity index (χ3n) is 2.65. The van der Waals surface area contributed by atoms with Crippen LogP contribution in [0.5, 0.6) is 0 Å². The van der Waals surface area contributed by atoms with E-state index >= 15 is 0 Å². The molecule has 7 heteroatoms. The number of rotatable bonds is 1. The van der Waals surface area contributed by atoms with Crippen molar-refractivity contribution in [1.29, 1.82) is 0 Å². The fourth-order valence-electron chi connectivity index (χ4n) is 1.83. The molecule has 0 saturated heterocycles. The number of H-pyrrole nitrogens is 1. The Morgan fingerprint density at radius 1 is 1.00 bits per heavy atom. The standard InChI is InChI=1S/C11H11N7/c12-9-4-7(15-11(14)16-9)5-1-2-6-8(3-5)17-18-10(6)13/h1-4H,(H3,13,17,18)(H4,12,14,15,16). The minimum atomic E-state index is 0.147. The summed E-state index contributed by atoms with van der Waals surface area (Å²) in [5.41, 5.74) is 19.3. The van der Waals surface area contributed by atoms with Gasteiger partial charge >= 0.3 is 0 Å². The summed E-state index contributed by atoms with van der Waals surface area (Å²) in [5.74, 6) is 0.953. The molecule has 3 aromatic rings. The van der Waals surface area contributed by atoms with Gasteiger partial charge in [-0.2, -0.15) is 10.1 Å². The number of fused-ring (bicyclic) bond motifs is 1. The topological polar surface area (TPSA) is 133 Å². The maximum absolute atomic E-state index is 5.71. The molecule has 0 fully saturated rings.